The zero-order chi connectivity index (χ0) is 23.2. The van der Waals surface area contributed by atoms with Crippen LogP contribution < -0.4 is 14.4 Å². The summed E-state index contributed by atoms with van der Waals surface area (Å²) < 4.78 is 12.3. The van der Waals surface area contributed by atoms with Gasteiger partial charge in [0.1, 0.15) is 5.75 Å². The summed E-state index contributed by atoms with van der Waals surface area (Å²) in [5.74, 6) is 1.78. The van der Waals surface area contributed by atoms with Crippen LogP contribution in [0.15, 0.2) is 53.7 Å². The number of thioether (sulfide) groups is 1. The number of amides is 1. The molecule has 1 atom stereocenters. The van der Waals surface area contributed by atoms with Crippen LogP contribution in [-0.2, 0) is 4.79 Å². The molecule has 0 aliphatic carbocycles. The Labute approximate surface area is 198 Å². The van der Waals surface area contributed by atoms with Gasteiger partial charge in [0.05, 0.1) is 17.9 Å². The number of nitrogens with zero attached hydrogens (tertiary/aromatic N) is 4. The van der Waals surface area contributed by atoms with Gasteiger partial charge in [0.15, 0.2) is 5.69 Å². The highest BCUT2D eigenvalue weighted by Gasteiger charge is 2.35. The Balaban J connectivity index is 1.82. The highest BCUT2D eigenvalue weighted by Crippen LogP contribution is 2.44. The van der Waals surface area contributed by atoms with Gasteiger partial charge in [-0.3, -0.25) is 9.69 Å². The van der Waals surface area contributed by atoms with Crippen LogP contribution >= 0.6 is 11.8 Å². The lowest BCUT2D eigenvalue weighted by Gasteiger charge is -2.30. The van der Waals surface area contributed by atoms with Crippen molar-refractivity contribution in [3.05, 3.63) is 54.1 Å². The summed E-state index contributed by atoms with van der Waals surface area (Å²) in [5.41, 5.74) is 2.71. The van der Waals surface area contributed by atoms with Gasteiger partial charge in [0, 0.05) is 18.2 Å². The van der Waals surface area contributed by atoms with E-state index in [-0.39, 0.29) is 5.91 Å². The third kappa shape index (κ3) is 4.95. The van der Waals surface area contributed by atoms with Gasteiger partial charge in [-0.25, -0.2) is 0 Å². The summed E-state index contributed by atoms with van der Waals surface area (Å²) in [4.78, 5) is 19.3. The molecule has 0 saturated heterocycles. The van der Waals surface area contributed by atoms with Gasteiger partial charge >= 0.3 is 0 Å². The quantitative estimate of drug-likeness (QED) is 0.314. The van der Waals surface area contributed by atoms with Gasteiger partial charge in [0.2, 0.25) is 23.2 Å². The number of rotatable bonds is 8. The molecule has 1 aliphatic heterocycles. The van der Waals surface area contributed by atoms with Crippen LogP contribution in [0.25, 0.3) is 11.3 Å². The van der Waals surface area contributed by atoms with Gasteiger partial charge in [-0.1, -0.05) is 61.9 Å². The van der Waals surface area contributed by atoms with Crippen molar-refractivity contribution in [3.8, 4) is 22.9 Å². The second-order valence-electron chi connectivity index (χ2n) is 7.65. The van der Waals surface area contributed by atoms with E-state index in [1.165, 1.54) is 13.3 Å². The fraction of sp³-hybridized carbons (Fsp3) is 0.360. The van der Waals surface area contributed by atoms with E-state index in [2.05, 4.69) is 17.1 Å². The fourth-order valence-corrected chi connectivity index (χ4v) is 4.58. The number of fused-ring (bicyclic) bond motifs is 3. The number of hydrogen-bond acceptors (Lipinski definition) is 7. The molecule has 2 heterocycles. The number of carbonyl (C=O) groups is 1. The van der Waals surface area contributed by atoms with Crippen LogP contribution in [0.5, 0.6) is 11.6 Å². The van der Waals surface area contributed by atoms with Crippen molar-refractivity contribution in [2.45, 2.75) is 51.4 Å². The zero-order valence-corrected chi connectivity index (χ0v) is 20.0. The van der Waals surface area contributed by atoms with Crippen LogP contribution in [0, 0.1) is 0 Å². The van der Waals surface area contributed by atoms with Crippen molar-refractivity contribution in [2.75, 3.05) is 17.3 Å². The molecule has 1 aromatic heterocycles. The van der Waals surface area contributed by atoms with Gasteiger partial charge in [-0.15, -0.1) is 10.2 Å². The summed E-state index contributed by atoms with van der Waals surface area (Å²) in [6.45, 7) is 6.13. The summed E-state index contributed by atoms with van der Waals surface area (Å²) in [6, 6.07) is 15.2. The van der Waals surface area contributed by atoms with Crippen LogP contribution in [0.1, 0.15) is 51.8 Å². The maximum atomic E-state index is 12.9. The van der Waals surface area contributed by atoms with Crippen LogP contribution in [0.4, 0.5) is 5.69 Å². The van der Waals surface area contributed by atoms with Gasteiger partial charge in [0.25, 0.3) is 0 Å². The standard InChI is InChI=1S/C25H28N4O3S/c1-4-6-11-16-33-25-26-23-22(27-28-25)18-12-7-9-14-20(18)29(17(3)30)24(32-23)19-13-8-10-15-21(19)31-5-2/h7-10,12-15,24H,4-6,11,16H2,1-3H3/t24-/m1/s1. The van der Waals surface area contributed by atoms with Crippen molar-refractivity contribution >= 4 is 23.4 Å². The van der Waals surface area contributed by atoms with Crippen molar-refractivity contribution in [3.63, 3.8) is 0 Å². The molecule has 7 nitrogen and oxygen atoms in total. The van der Waals surface area contributed by atoms with Gasteiger partial charge < -0.3 is 9.47 Å². The smallest absolute Gasteiger partial charge is 0.247 e. The lowest BCUT2D eigenvalue weighted by atomic mass is 10.1. The van der Waals surface area contributed by atoms with E-state index in [0.717, 1.165) is 29.7 Å². The molecule has 3 aromatic rings. The summed E-state index contributed by atoms with van der Waals surface area (Å²) in [6.07, 6.45) is 2.65. The van der Waals surface area contributed by atoms with Crippen molar-refractivity contribution in [2.24, 2.45) is 0 Å². The van der Waals surface area contributed by atoms with Gasteiger partial charge in [-0.05, 0) is 31.5 Å². The molecule has 0 radical (unpaired) electrons. The summed E-state index contributed by atoms with van der Waals surface area (Å²) in [7, 11) is 0. The number of unbranched alkanes of at least 4 members (excludes halogenated alkanes) is 2. The van der Waals surface area contributed by atoms with E-state index in [1.54, 1.807) is 16.7 Å². The van der Waals surface area contributed by atoms with E-state index in [1.807, 2.05) is 55.5 Å². The average molecular weight is 465 g/mol. The van der Waals surface area contributed by atoms with E-state index < -0.39 is 6.23 Å². The molecule has 0 saturated carbocycles. The van der Waals surface area contributed by atoms with E-state index in [9.17, 15) is 4.79 Å². The van der Waals surface area contributed by atoms with Crippen molar-refractivity contribution in [1.82, 2.24) is 15.2 Å². The van der Waals surface area contributed by atoms with Crippen LogP contribution in [0.2, 0.25) is 0 Å². The first-order valence-electron chi connectivity index (χ1n) is 11.3. The monoisotopic (exact) mass is 464 g/mol. The average Bonchev–Trinajstić information content (AvgIpc) is 2.97. The van der Waals surface area contributed by atoms with Gasteiger partial charge in [-0.2, -0.15) is 4.98 Å². The summed E-state index contributed by atoms with van der Waals surface area (Å²) >= 11 is 1.57. The Kier molecular flexibility index (Phi) is 7.44. The minimum atomic E-state index is -0.762. The molecule has 0 fully saturated rings. The van der Waals surface area contributed by atoms with E-state index >= 15 is 0 Å². The Hall–Kier alpha value is -3.13. The molecule has 0 N–H and O–H groups in total. The van der Waals surface area contributed by atoms with Crippen molar-refractivity contribution < 1.29 is 14.3 Å². The Bertz CT molecular complexity index is 1120. The maximum Gasteiger partial charge on any atom is 0.247 e. The highest BCUT2D eigenvalue weighted by atomic mass is 32.2. The molecule has 4 rings (SSSR count). The molecule has 172 valence electrons. The summed E-state index contributed by atoms with van der Waals surface area (Å²) in [5, 5.41) is 9.38. The lowest BCUT2D eigenvalue weighted by Crippen LogP contribution is -2.36. The normalized spacial score (nSPS) is 14.6. The first kappa shape index (κ1) is 23.0. The highest BCUT2D eigenvalue weighted by molar-refractivity contribution is 7.99. The number of carbonyl (C=O) groups excluding carboxylic acids is 1. The Morgan fingerprint density at radius 3 is 2.67 bits per heavy atom. The molecule has 0 bridgehead atoms. The molecular formula is C25H28N4O3S. The third-order valence-electron chi connectivity index (χ3n) is 5.31. The maximum absolute atomic E-state index is 12.9. The predicted octanol–water partition coefficient (Wildman–Crippen LogP) is 5.66. The molecule has 33 heavy (non-hydrogen) atoms. The first-order chi connectivity index (χ1) is 16.1. The first-order valence-corrected chi connectivity index (χ1v) is 12.3. The number of benzene rings is 2. The predicted molar refractivity (Wildman–Crippen MR) is 130 cm³/mol. The number of aromatic nitrogens is 3. The van der Waals surface area contributed by atoms with Crippen molar-refractivity contribution in [1.29, 1.82) is 0 Å². The Morgan fingerprint density at radius 2 is 1.88 bits per heavy atom. The molecule has 8 heteroatoms. The van der Waals surface area contributed by atoms with Crippen LogP contribution in [0.3, 0.4) is 0 Å². The topological polar surface area (TPSA) is 77.4 Å². The largest absolute Gasteiger partial charge is 0.493 e. The minimum absolute atomic E-state index is 0.159. The number of ether oxygens (including phenoxy) is 2. The third-order valence-corrected chi connectivity index (χ3v) is 6.24. The Morgan fingerprint density at radius 1 is 1.09 bits per heavy atom. The lowest BCUT2D eigenvalue weighted by molar-refractivity contribution is -0.118. The SMILES string of the molecule is CCCCCSc1nnc2c(n1)O[C@H](c1ccccc1OCC)N(C(C)=O)c1ccccc1-2. The van der Waals surface area contributed by atoms with Crippen LogP contribution in [-0.4, -0.2) is 33.4 Å². The minimum Gasteiger partial charge on any atom is -0.493 e. The molecular weight excluding hydrogens is 436 g/mol. The fourth-order valence-electron chi connectivity index (χ4n) is 3.80. The second-order valence-corrected chi connectivity index (χ2v) is 8.71. The molecule has 1 aliphatic rings. The molecule has 0 unspecified atom stereocenters. The van der Waals surface area contributed by atoms with E-state index in [4.69, 9.17) is 14.5 Å². The number of para-hydroxylation sites is 2. The molecule has 2 aromatic carbocycles. The second kappa shape index (κ2) is 10.7. The molecule has 0 spiro atoms. The number of hydrogen-bond donors (Lipinski definition) is 0. The molecule has 1 amide bonds. The van der Waals surface area contributed by atoms with E-state index in [0.29, 0.717) is 34.8 Å². The number of anilines is 1. The zero-order valence-electron chi connectivity index (χ0n) is 19.2.